The van der Waals surface area contributed by atoms with Crippen LogP contribution in [0.4, 0.5) is 13.2 Å². The third-order valence-corrected chi connectivity index (χ3v) is 15.7. The van der Waals surface area contributed by atoms with Crippen molar-refractivity contribution in [1.82, 2.24) is 0 Å². The molecule has 0 aromatic heterocycles. The van der Waals surface area contributed by atoms with Crippen molar-refractivity contribution in [1.29, 1.82) is 0 Å². The fourth-order valence-corrected chi connectivity index (χ4v) is 13.5. The summed E-state index contributed by atoms with van der Waals surface area (Å²) in [6, 6.07) is 14.6. The van der Waals surface area contributed by atoms with Gasteiger partial charge in [0, 0.05) is 0 Å². The van der Waals surface area contributed by atoms with E-state index >= 15 is 0 Å². The number of benzene rings is 3. The molecule has 3 aromatic carbocycles. The standard InChI is InChI=1S/3C7H6F.Bi/c3*1-6-3-2-4-7(8)5-6;/h3*2,4-5H,1H3;. The van der Waals surface area contributed by atoms with Crippen LogP contribution in [0.5, 0.6) is 0 Å². The van der Waals surface area contributed by atoms with Crippen molar-refractivity contribution in [2.75, 3.05) is 0 Å². The third kappa shape index (κ3) is 3.79. The summed E-state index contributed by atoms with van der Waals surface area (Å²) in [6.07, 6.45) is 0. The van der Waals surface area contributed by atoms with Gasteiger partial charge in [0.2, 0.25) is 0 Å². The van der Waals surface area contributed by atoms with E-state index in [0.717, 1.165) is 26.5 Å². The van der Waals surface area contributed by atoms with E-state index in [-0.39, 0.29) is 17.5 Å². The molecule has 0 saturated heterocycles. The van der Waals surface area contributed by atoms with Crippen LogP contribution in [0.15, 0.2) is 54.6 Å². The van der Waals surface area contributed by atoms with Gasteiger partial charge in [0.1, 0.15) is 0 Å². The first-order valence-corrected chi connectivity index (χ1v) is 13.2. The van der Waals surface area contributed by atoms with Gasteiger partial charge < -0.3 is 0 Å². The Labute approximate surface area is 154 Å². The Balaban J connectivity index is 2.27. The Morgan fingerprint density at radius 1 is 0.520 bits per heavy atom. The molecule has 3 rings (SSSR count). The van der Waals surface area contributed by atoms with Crippen LogP contribution in [0.2, 0.25) is 0 Å². The molecule has 0 atom stereocenters. The van der Waals surface area contributed by atoms with Crippen molar-refractivity contribution < 1.29 is 13.2 Å². The van der Waals surface area contributed by atoms with E-state index in [1.54, 1.807) is 0 Å². The van der Waals surface area contributed by atoms with Crippen molar-refractivity contribution in [3.8, 4) is 0 Å². The summed E-state index contributed by atoms with van der Waals surface area (Å²) in [4.78, 5) is 0. The molecule has 0 fully saturated rings. The van der Waals surface area contributed by atoms with Crippen LogP contribution in [0.1, 0.15) is 16.7 Å². The molecule has 0 aliphatic heterocycles. The molecule has 0 saturated carbocycles. The Kier molecular flexibility index (Phi) is 5.29. The molecule has 0 amide bonds. The number of hydrogen-bond acceptors (Lipinski definition) is 0. The quantitative estimate of drug-likeness (QED) is 0.450. The first-order valence-electron chi connectivity index (χ1n) is 7.95. The molecule has 0 spiro atoms. The van der Waals surface area contributed by atoms with Gasteiger partial charge >= 0.3 is 154 Å². The summed E-state index contributed by atoms with van der Waals surface area (Å²) in [5.74, 6) is -0.800. The minimum atomic E-state index is -2.81. The van der Waals surface area contributed by atoms with Crippen LogP contribution in [0, 0.1) is 38.2 Å². The molecular weight excluding hydrogens is 518 g/mol. The molecule has 0 aliphatic rings. The fraction of sp³-hybridized carbons (Fsp3) is 0.143. The minimum absolute atomic E-state index is 0.267. The number of rotatable bonds is 3. The average Bonchev–Trinajstić information content (AvgIpc) is 2.52. The number of aryl methyl sites for hydroxylation is 3. The van der Waals surface area contributed by atoms with Crippen molar-refractivity contribution in [3.63, 3.8) is 0 Å². The second-order valence-electron chi connectivity index (χ2n) is 6.13. The van der Waals surface area contributed by atoms with Crippen LogP contribution in [0.3, 0.4) is 0 Å². The van der Waals surface area contributed by atoms with E-state index in [1.807, 2.05) is 39.0 Å². The van der Waals surface area contributed by atoms with E-state index in [4.69, 9.17) is 0 Å². The summed E-state index contributed by atoms with van der Waals surface area (Å²) in [5.41, 5.74) is 2.68. The van der Waals surface area contributed by atoms with Crippen molar-refractivity contribution in [2.45, 2.75) is 20.8 Å². The average molecular weight is 536 g/mol. The summed E-state index contributed by atoms with van der Waals surface area (Å²) >= 11 is -2.81. The second kappa shape index (κ2) is 7.29. The normalized spacial score (nSPS) is 11.2. The van der Waals surface area contributed by atoms with Gasteiger partial charge in [-0.05, 0) is 0 Å². The summed E-state index contributed by atoms with van der Waals surface area (Å²) in [5, 5.41) is 0. The predicted molar refractivity (Wildman–Crippen MR) is 98.1 cm³/mol. The van der Waals surface area contributed by atoms with Gasteiger partial charge in [-0.25, -0.2) is 0 Å². The zero-order valence-corrected chi connectivity index (χ0v) is 17.8. The van der Waals surface area contributed by atoms with Gasteiger partial charge in [-0.15, -0.1) is 0 Å². The fourth-order valence-electron chi connectivity index (χ4n) is 3.00. The summed E-state index contributed by atoms with van der Waals surface area (Å²) in [6.45, 7) is 5.70. The zero-order valence-electron chi connectivity index (χ0n) is 14.3. The maximum atomic E-state index is 13.6. The van der Waals surface area contributed by atoms with E-state index in [0.29, 0.717) is 0 Å². The molecule has 128 valence electrons. The molecule has 0 bridgehead atoms. The predicted octanol–water partition coefficient (Wildman–Crippen LogP) is 3.55. The van der Waals surface area contributed by atoms with E-state index < -0.39 is 21.8 Å². The Hall–Kier alpha value is -1.67. The molecule has 4 heteroatoms. The van der Waals surface area contributed by atoms with Crippen molar-refractivity contribution in [3.05, 3.63) is 88.7 Å². The van der Waals surface area contributed by atoms with Gasteiger partial charge in [-0.3, -0.25) is 0 Å². The molecule has 0 radical (unpaired) electrons. The van der Waals surface area contributed by atoms with Gasteiger partial charge in [0.15, 0.2) is 0 Å². The van der Waals surface area contributed by atoms with Gasteiger partial charge in [0.05, 0.1) is 0 Å². The zero-order chi connectivity index (χ0) is 18.1. The van der Waals surface area contributed by atoms with E-state index in [1.165, 1.54) is 36.4 Å². The van der Waals surface area contributed by atoms with Crippen LogP contribution < -0.4 is 9.81 Å². The van der Waals surface area contributed by atoms with Crippen molar-refractivity contribution in [2.24, 2.45) is 0 Å². The Bertz CT molecular complexity index is 812. The number of hydrogen-bond donors (Lipinski definition) is 0. The topological polar surface area (TPSA) is 0 Å². The van der Waals surface area contributed by atoms with Crippen LogP contribution in [-0.2, 0) is 0 Å². The summed E-state index contributed by atoms with van der Waals surface area (Å²) in [7, 11) is 0. The summed E-state index contributed by atoms with van der Waals surface area (Å²) < 4.78 is 44.2. The molecule has 0 unspecified atom stereocenters. The monoisotopic (exact) mass is 536 g/mol. The number of halogens is 3. The van der Waals surface area contributed by atoms with Crippen LogP contribution in [0.25, 0.3) is 0 Å². The first-order chi connectivity index (χ1) is 11.9. The first kappa shape index (κ1) is 18.1. The van der Waals surface area contributed by atoms with Crippen LogP contribution >= 0.6 is 0 Å². The molecule has 0 heterocycles. The van der Waals surface area contributed by atoms with Gasteiger partial charge in [-0.1, -0.05) is 0 Å². The van der Waals surface area contributed by atoms with Gasteiger partial charge in [0.25, 0.3) is 0 Å². The molecule has 0 N–H and O–H groups in total. The third-order valence-electron chi connectivity index (χ3n) is 4.20. The van der Waals surface area contributed by atoms with Crippen LogP contribution in [-0.4, -0.2) is 21.8 Å². The Morgan fingerprint density at radius 2 is 0.800 bits per heavy atom. The molecular formula is C21H18BiF3. The Morgan fingerprint density at radius 3 is 1.04 bits per heavy atom. The maximum absolute atomic E-state index is 13.6. The van der Waals surface area contributed by atoms with E-state index in [2.05, 4.69) is 0 Å². The second-order valence-corrected chi connectivity index (χ2v) is 14.4. The molecule has 0 nitrogen and oxygen atoms in total. The van der Waals surface area contributed by atoms with Crippen molar-refractivity contribution >= 4 is 31.6 Å². The van der Waals surface area contributed by atoms with Gasteiger partial charge in [-0.2, -0.15) is 0 Å². The molecule has 25 heavy (non-hydrogen) atoms. The SMILES string of the molecule is Cc1cc(F)cc[c]1[Bi]([c]1ccc(F)cc1C)[c]1ccc(F)cc1C. The molecule has 0 aliphatic carbocycles. The van der Waals surface area contributed by atoms with E-state index in [9.17, 15) is 13.2 Å². The molecule has 3 aromatic rings.